The molecule has 0 aliphatic rings. The lowest BCUT2D eigenvalue weighted by Gasteiger charge is -2.12. The van der Waals surface area contributed by atoms with Crippen LogP contribution < -0.4 is 15.4 Å². The summed E-state index contributed by atoms with van der Waals surface area (Å²) in [6, 6.07) is 2.40. The van der Waals surface area contributed by atoms with E-state index in [1.807, 2.05) is 0 Å². The van der Waals surface area contributed by atoms with Crippen molar-refractivity contribution in [2.24, 2.45) is 0 Å². The Balaban J connectivity index is 1.70. The second-order valence-electron chi connectivity index (χ2n) is 6.45. The molecule has 3 aromatic rings. The van der Waals surface area contributed by atoms with E-state index in [1.165, 1.54) is 19.4 Å². The normalized spacial score (nSPS) is 12.2. The second-order valence-corrected chi connectivity index (χ2v) is 8.30. The maximum absolute atomic E-state index is 13.0. The zero-order chi connectivity index (χ0) is 24.3. The van der Waals surface area contributed by atoms with E-state index >= 15 is 0 Å². The molecule has 1 unspecified atom stereocenters. The van der Waals surface area contributed by atoms with Crippen molar-refractivity contribution < 1.29 is 27.5 Å². The topological polar surface area (TPSA) is 106 Å². The molecule has 1 atom stereocenters. The molecule has 8 nitrogen and oxygen atoms in total. The summed E-state index contributed by atoms with van der Waals surface area (Å²) < 4.78 is 44.0. The number of anilines is 1. The van der Waals surface area contributed by atoms with Gasteiger partial charge < -0.3 is 15.4 Å². The molecule has 0 radical (unpaired) electrons. The summed E-state index contributed by atoms with van der Waals surface area (Å²) in [5.74, 6) is -1.25. The number of benzene rings is 1. The van der Waals surface area contributed by atoms with Gasteiger partial charge in [0.05, 0.1) is 29.9 Å². The minimum absolute atomic E-state index is 0.0357. The summed E-state index contributed by atoms with van der Waals surface area (Å²) in [5, 5.41) is 4.85. The van der Waals surface area contributed by atoms with Crippen LogP contribution >= 0.6 is 34.5 Å². The highest BCUT2D eigenvalue weighted by Crippen LogP contribution is 2.36. The third-order valence-corrected chi connectivity index (χ3v) is 6.01. The summed E-state index contributed by atoms with van der Waals surface area (Å²) in [5.41, 5.74) is -1.25. The van der Waals surface area contributed by atoms with Crippen molar-refractivity contribution >= 4 is 52.0 Å². The smallest absolute Gasteiger partial charge is 0.417 e. The molecule has 174 valence electrons. The fraction of sp³-hybridized carbons (Fsp3) is 0.211. The number of nitrogens with zero attached hydrogens (tertiary/aromatic N) is 3. The Bertz CT molecular complexity index is 1210. The van der Waals surface area contributed by atoms with Gasteiger partial charge in [0.15, 0.2) is 5.69 Å². The fourth-order valence-electron chi connectivity index (χ4n) is 2.59. The molecule has 0 bridgehead atoms. The highest BCUT2D eigenvalue weighted by molar-refractivity contribution is 7.13. The van der Waals surface area contributed by atoms with Gasteiger partial charge in [-0.25, -0.2) is 15.0 Å². The lowest BCUT2D eigenvalue weighted by molar-refractivity contribution is -0.137. The van der Waals surface area contributed by atoms with Crippen molar-refractivity contribution in [1.82, 2.24) is 20.3 Å². The van der Waals surface area contributed by atoms with Crippen LogP contribution in [0.2, 0.25) is 10.0 Å². The highest BCUT2D eigenvalue weighted by Gasteiger charge is 2.33. The average molecular weight is 520 g/mol. The fourth-order valence-corrected chi connectivity index (χ4v) is 3.89. The van der Waals surface area contributed by atoms with Crippen molar-refractivity contribution in [2.75, 3.05) is 12.4 Å². The van der Waals surface area contributed by atoms with Gasteiger partial charge in [0.1, 0.15) is 21.2 Å². The largest absolute Gasteiger partial charge is 0.480 e. The molecular formula is C19H14Cl2F3N5O3S. The number of carbonyl (C=O) groups is 2. The van der Waals surface area contributed by atoms with E-state index < -0.39 is 34.6 Å². The minimum atomic E-state index is -4.67. The SMILES string of the molecule is COc1ncnc(C(=O)NC(C)c2ncc(C(=O)Nc3ccc(Cl)c(C(F)(F)F)c3)s2)c1Cl. The predicted molar refractivity (Wildman–Crippen MR) is 116 cm³/mol. The van der Waals surface area contributed by atoms with E-state index in [4.69, 9.17) is 27.9 Å². The first-order valence-electron chi connectivity index (χ1n) is 9.00. The van der Waals surface area contributed by atoms with Crippen molar-refractivity contribution in [3.8, 4) is 5.88 Å². The van der Waals surface area contributed by atoms with Gasteiger partial charge in [-0.05, 0) is 25.1 Å². The van der Waals surface area contributed by atoms with Crippen LogP contribution in [0.4, 0.5) is 18.9 Å². The standard InChI is InChI=1S/C19H14Cl2F3N5O3S/c1-8(28-16(31)14-13(21)17(32-2)27-7-26-14)18-25-6-12(33-18)15(30)29-9-3-4-11(20)10(5-9)19(22,23)24/h3-8H,1-2H3,(H,28,31)(H,29,30). The first-order valence-corrected chi connectivity index (χ1v) is 10.6. The zero-order valence-electron chi connectivity index (χ0n) is 16.8. The van der Waals surface area contributed by atoms with Crippen molar-refractivity contribution in [3.05, 3.63) is 61.9 Å². The molecule has 2 aromatic heterocycles. The predicted octanol–water partition coefficient (Wildman–Crippen LogP) is 5.01. The number of nitrogens with one attached hydrogen (secondary N) is 2. The molecule has 2 N–H and O–H groups in total. The van der Waals surface area contributed by atoms with Crippen LogP contribution in [-0.2, 0) is 6.18 Å². The molecular weight excluding hydrogens is 506 g/mol. The number of carbonyl (C=O) groups excluding carboxylic acids is 2. The molecule has 0 aliphatic heterocycles. The van der Waals surface area contributed by atoms with Gasteiger partial charge in [-0.1, -0.05) is 23.2 Å². The van der Waals surface area contributed by atoms with E-state index in [1.54, 1.807) is 6.92 Å². The van der Waals surface area contributed by atoms with E-state index in [0.29, 0.717) is 5.01 Å². The Morgan fingerprint density at radius 2 is 1.88 bits per heavy atom. The van der Waals surface area contributed by atoms with E-state index in [0.717, 1.165) is 29.8 Å². The van der Waals surface area contributed by atoms with Crippen molar-refractivity contribution in [3.63, 3.8) is 0 Å². The van der Waals surface area contributed by atoms with Gasteiger partial charge in [0, 0.05) is 5.69 Å². The Labute approximate surface area is 199 Å². The van der Waals surface area contributed by atoms with Crippen LogP contribution in [0.3, 0.4) is 0 Å². The summed E-state index contributed by atoms with van der Waals surface area (Å²) in [6.45, 7) is 1.62. The van der Waals surface area contributed by atoms with Gasteiger partial charge in [0.25, 0.3) is 11.8 Å². The third kappa shape index (κ3) is 5.70. The Kier molecular flexibility index (Phi) is 7.40. The van der Waals surface area contributed by atoms with Gasteiger partial charge >= 0.3 is 6.18 Å². The van der Waals surface area contributed by atoms with Crippen LogP contribution in [0.25, 0.3) is 0 Å². The number of hydrogen-bond donors (Lipinski definition) is 2. The van der Waals surface area contributed by atoms with Crippen LogP contribution in [0, 0.1) is 0 Å². The number of methoxy groups -OCH3 is 1. The molecule has 0 spiro atoms. The highest BCUT2D eigenvalue weighted by atomic mass is 35.5. The summed E-state index contributed by atoms with van der Waals surface area (Å²) in [4.78, 5) is 36.8. The minimum Gasteiger partial charge on any atom is -0.480 e. The third-order valence-electron chi connectivity index (χ3n) is 4.16. The molecule has 0 saturated carbocycles. The monoisotopic (exact) mass is 519 g/mol. The molecule has 0 fully saturated rings. The first-order chi connectivity index (χ1) is 15.5. The van der Waals surface area contributed by atoms with Crippen LogP contribution in [0.1, 0.15) is 43.7 Å². The van der Waals surface area contributed by atoms with E-state index in [2.05, 4.69) is 25.6 Å². The Hall–Kier alpha value is -2.96. The molecule has 3 rings (SSSR count). The molecule has 1 aromatic carbocycles. The van der Waals surface area contributed by atoms with E-state index in [-0.39, 0.29) is 27.2 Å². The molecule has 0 aliphatic carbocycles. The molecule has 0 saturated heterocycles. The van der Waals surface area contributed by atoms with Crippen molar-refractivity contribution in [2.45, 2.75) is 19.1 Å². The number of ether oxygens (including phenoxy) is 1. The number of thiazole rings is 1. The van der Waals surface area contributed by atoms with Gasteiger partial charge in [0.2, 0.25) is 5.88 Å². The van der Waals surface area contributed by atoms with Crippen LogP contribution in [-0.4, -0.2) is 33.9 Å². The quantitative estimate of drug-likeness (QED) is 0.474. The lowest BCUT2D eigenvalue weighted by Crippen LogP contribution is -2.27. The molecule has 33 heavy (non-hydrogen) atoms. The van der Waals surface area contributed by atoms with Gasteiger partial charge in [-0.3, -0.25) is 9.59 Å². The first kappa shape index (κ1) is 24.7. The lowest BCUT2D eigenvalue weighted by atomic mass is 10.2. The zero-order valence-corrected chi connectivity index (χ0v) is 19.2. The van der Waals surface area contributed by atoms with Gasteiger partial charge in [-0.15, -0.1) is 11.3 Å². The maximum Gasteiger partial charge on any atom is 0.417 e. The van der Waals surface area contributed by atoms with Crippen LogP contribution in [0.5, 0.6) is 5.88 Å². The molecule has 2 amide bonds. The van der Waals surface area contributed by atoms with Gasteiger partial charge in [-0.2, -0.15) is 13.2 Å². The number of hydrogen-bond acceptors (Lipinski definition) is 7. The number of alkyl halides is 3. The van der Waals surface area contributed by atoms with Crippen LogP contribution in [0.15, 0.2) is 30.7 Å². The van der Waals surface area contributed by atoms with E-state index in [9.17, 15) is 22.8 Å². The summed E-state index contributed by atoms with van der Waals surface area (Å²) >= 11 is 12.6. The summed E-state index contributed by atoms with van der Waals surface area (Å²) in [7, 11) is 1.34. The Morgan fingerprint density at radius 1 is 1.15 bits per heavy atom. The number of rotatable bonds is 6. The number of halogens is 5. The number of amides is 2. The maximum atomic E-state index is 13.0. The number of aromatic nitrogens is 3. The molecule has 14 heteroatoms. The molecule has 2 heterocycles. The second kappa shape index (κ2) is 9.89. The Morgan fingerprint density at radius 3 is 2.55 bits per heavy atom. The average Bonchev–Trinajstić information content (AvgIpc) is 3.25. The van der Waals surface area contributed by atoms with Crippen molar-refractivity contribution in [1.29, 1.82) is 0 Å². The summed E-state index contributed by atoms with van der Waals surface area (Å²) in [6.07, 6.45) is -2.30.